The number of rotatable bonds is 7. The van der Waals surface area contributed by atoms with Gasteiger partial charge in [0.05, 0.1) is 13.1 Å². The molecule has 17 heavy (non-hydrogen) atoms. The Kier molecular flexibility index (Phi) is 7.44. The maximum atomic E-state index is 11.0. The highest BCUT2D eigenvalue weighted by Crippen LogP contribution is 1.74. The van der Waals surface area contributed by atoms with E-state index in [0.717, 1.165) is 0 Å². The third-order valence-electron chi connectivity index (χ3n) is 1.45. The fourth-order valence-corrected chi connectivity index (χ4v) is 0.799. The fourth-order valence-electron chi connectivity index (χ4n) is 0.704. The topological polar surface area (TPSA) is 125 Å². The first-order valence-electron chi connectivity index (χ1n) is 4.53. The van der Waals surface area contributed by atoms with Crippen molar-refractivity contribution in [3.05, 3.63) is 0 Å². The molecule has 8 nitrogen and oxygen atoms in total. The summed E-state index contributed by atoms with van der Waals surface area (Å²) in [6, 6.07) is 0. The summed E-state index contributed by atoms with van der Waals surface area (Å²) in [7, 11) is 0. The number of carbonyl (C=O) groups excluding carboxylic acids is 3. The monoisotopic (exact) mass is 265 g/mol. The molecule has 96 valence electrons. The van der Waals surface area contributed by atoms with Gasteiger partial charge in [0.2, 0.25) is 17.7 Å². The van der Waals surface area contributed by atoms with Gasteiger partial charge in [0.15, 0.2) is 0 Å². The van der Waals surface area contributed by atoms with E-state index < -0.39 is 30.2 Å². The highest BCUT2D eigenvalue weighted by atomic mass is 35.5. The highest BCUT2D eigenvalue weighted by molar-refractivity contribution is 6.27. The molecule has 3 amide bonds. The summed E-state index contributed by atoms with van der Waals surface area (Å²) in [5.41, 5.74) is 0. The average Bonchev–Trinajstić information content (AvgIpc) is 2.30. The van der Waals surface area contributed by atoms with Crippen molar-refractivity contribution in [2.24, 2.45) is 0 Å². The Morgan fingerprint density at radius 1 is 0.824 bits per heavy atom. The van der Waals surface area contributed by atoms with Crippen molar-refractivity contribution in [2.45, 2.75) is 0 Å². The second kappa shape index (κ2) is 8.34. The second-order valence-corrected chi connectivity index (χ2v) is 3.12. The molecule has 0 spiro atoms. The molecule has 4 N–H and O–H groups in total. The number of carbonyl (C=O) groups is 4. The van der Waals surface area contributed by atoms with Gasteiger partial charge in [0, 0.05) is 0 Å². The van der Waals surface area contributed by atoms with Gasteiger partial charge in [-0.2, -0.15) is 0 Å². The number of hydrogen-bond donors (Lipinski definition) is 4. The quantitative estimate of drug-likeness (QED) is 0.384. The van der Waals surface area contributed by atoms with Gasteiger partial charge in [0.1, 0.15) is 12.4 Å². The largest absolute Gasteiger partial charge is 0.480 e. The number of aliphatic carboxylic acids is 1. The summed E-state index contributed by atoms with van der Waals surface area (Å²) in [6.45, 7) is -1.17. The second-order valence-electron chi connectivity index (χ2n) is 2.86. The van der Waals surface area contributed by atoms with Crippen LogP contribution in [0.4, 0.5) is 0 Å². The Labute approximate surface area is 102 Å². The summed E-state index contributed by atoms with van der Waals surface area (Å²) in [6.07, 6.45) is 0. The predicted molar refractivity (Wildman–Crippen MR) is 57.4 cm³/mol. The maximum Gasteiger partial charge on any atom is 0.322 e. The SMILES string of the molecule is O=C(O)CNC(=O)CNC(=O)CNC(=O)CCl. The van der Waals surface area contributed by atoms with Gasteiger partial charge in [-0.3, -0.25) is 19.2 Å². The smallest absolute Gasteiger partial charge is 0.322 e. The number of alkyl halides is 1. The molecule has 0 bridgehead atoms. The Bertz CT molecular complexity index is 320. The minimum atomic E-state index is -1.18. The van der Waals surface area contributed by atoms with Crippen LogP contribution < -0.4 is 16.0 Å². The Balaban J connectivity index is 3.66. The van der Waals surface area contributed by atoms with E-state index in [2.05, 4.69) is 16.0 Å². The number of hydrogen-bond acceptors (Lipinski definition) is 4. The zero-order valence-electron chi connectivity index (χ0n) is 8.79. The summed E-state index contributed by atoms with van der Waals surface area (Å²) >= 11 is 5.17. The van der Waals surface area contributed by atoms with Gasteiger partial charge in [-0.1, -0.05) is 0 Å². The Morgan fingerprint density at radius 3 is 1.65 bits per heavy atom. The number of carboxylic acid groups (broad SMARTS) is 1. The lowest BCUT2D eigenvalue weighted by atomic mass is 10.5. The number of nitrogens with one attached hydrogen (secondary N) is 3. The first-order valence-corrected chi connectivity index (χ1v) is 5.07. The first-order chi connectivity index (χ1) is 7.95. The number of carboxylic acids is 1. The van der Waals surface area contributed by atoms with E-state index >= 15 is 0 Å². The van der Waals surface area contributed by atoms with Crippen LogP contribution in [0, 0.1) is 0 Å². The van der Waals surface area contributed by atoms with Gasteiger partial charge in [-0.25, -0.2) is 0 Å². The van der Waals surface area contributed by atoms with Gasteiger partial charge in [-0.05, 0) is 0 Å². The standard InChI is InChI=1S/C8H12ClN3O5/c9-1-5(13)10-2-6(14)11-3-7(15)12-4-8(16)17/h1-4H2,(H,10,13)(H,11,14)(H,12,15)(H,16,17). The average molecular weight is 266 g/mol. The number of amides is 3. The van der Waals surface area contributed by atoms with Crippen molar-refractivity contribution < 1.29 is 24.3 Å². The third kappa shape index (κ3) is 9.12. The zero-order chi connectivity index (χ0) is 13.3. The lowest BCUT2D eigenvalue weighted by molar-refractivity contribution is -0.137. The summed E-state index contributed by atoms with van der Waals surface area (Å²) in [5, 5.41) is 14.7. The molecule has 0 atom stereocenters. The summed E-state index contributed by atoms with van der Waals surface area (Å²) < 4.78 is 0. The molecule has 0 radical (unpaired) electrons. The van der Waals surface area contributed by atoms with Crippen LogP contribution >= 0.6 is 11.6 Å². The minimum Gasteiger partial charge on any atom is -0.480 e. The normalized spacial score (nSPS) is 9.24. The van der Waals surface area contributed by atoms with Crippen LogP contribution in [-0.2, 0) is 19.2 Å². The van der Waals surface area contributed by atoms with E-state index in [9.17, 15) is 19.2 Å². The van der Waals surface area contributed by atoms with Crippen LogP contribution in [0.25, 0.3) is 0 Å². The summed E-state index contributed by atoms with van der Waals surface area (Å²) in [5.74, 6) is -3.15. The van der Waals surface area contributed by atoms with E-state index in [1.54, 1.807) is 0 Å². The van der Waals surface area contributed by atoms with Gasteiger partial charge in [0.25, 0.3) is 0 Å². The molecule has 0 fully saturated rings. The lowest BCUT2D eigenvalue weighted by Crippen LogP contribution is -2.43. The lowest BCUT2D eigenvalue weighted by Gasteiger charge is -2.05. The fraction of sp³-hybridized carbons (Fsp3) is 0.500. The molecule has 9 heteroatoms. The van der Waals surface area contributed by atoms with Crippen molar-refractivity contribution in [3.8, 4) is 0 Å². The molecular formula is C8H12ClN3O5. The molecule has 0 heterocycles. The van der Waals surface area contributed by atoms with E-state index in [4.69, 9.17) is 16.7 Å². The third-order valence-corrected chi connectivity index (χ3v) is 1.69. The predicted octanol–water partition coefficient (Wildman–Crippen LogP) is -2.34. The van der Waals surface area contributed by atoms with Crippen molar-refractivity contribution in [3.63, 3.8) is 0 Å². The van der Waals surface area contributed by atoms with Crippen LogP contribution in [0.5, 0.6) is 0 Å². The molecule has 0 aromatic carbocycles. The molecule has 0 rings (SSSR count). The highest BCUT2D eigenvalue weighted by Gasteiger charge is 2.07. The molecular weight excluding hydrogens is 254 g/mol. The molecule has 0 aliphatic rings. The van der Waals surface area contributed by atoms with Gasteiger partial charge < -0.3 is 21.1 Å². The van der Waals surface area contributed by atoms with Crippen LogP contribution in [0.1, 0.15) is 0 Å². The van der Waals surface area contributed by atoms with Crippen LogP contribution in [0.2, 0.25) is 0 Å². The zero-order valence-corrected chi connectivity index (χ0v) is 9.54. The minimum absolute atomic E-state index is 0.258. The molecule has 0 unspecified atom stereocenters. The van der Waals surface area contributed by atoms with Crippen LogP contribution in [0.3, 0.4) is 0 Å². The molecule has 0 aromatic rings. The van der Waals surface area contributed by atoms with E-state index in [0.29, 0.717) is 0 Å². The van der Waals surface area contributed by atoms with Crippen LogP contribution in [0.15, 0.2) is 0 Å². The van der Waals surface area contributed by atoms with E-state index in [-0.39, 0.29) is 19.0 Å². The molecule has 0 aliphatic heterocycles. The maximum absolute atomic E-state index is 11.0. The van der Waals surface area contributed by atoms with Gasteiger partial charge >= 0.3 is 5.97 Å². The van der Waals surface area contributed by atoms with E-state index in [1.165, 1.54) is 0 Å². The molecule has 0 saturated heterocycles. The Morgan fingerprint density at radius 2 is 1.24 bits per heavy atom. The first kappa shape index (κ1) is 15.2. The Hall–Kier alpha value is -1.83. The molecule has 0 saturated carbocycles. The molecule has 0 aliphatic carbocycles. The van der Waals surface area contributed by atoms with Crippen molar-refractivity contribution in [1.29, 1.82) is 0 Å². The van der Waals surface area contributed by atoms with Crippen molar-refractivity contribution >= 4 is 35.3 Å². The number of halogens is 1. The molecule has 0 aromatic heterocycles. The van der Waals surface area contributed by atoms with Crippen molar-refractivity contribution in [1.82, 2.24) is 16.0 Å². The van der Waals surface area contributed by atoms with Crippen molar-refractivity contribution in [2.75, 3.05) is 25.5 Å². The van der Waals surface area contributed by atoms with Crippen LogP contribution in [-0.4, -0.2) is 54.3 Å². The van der Waals surface area contributed by atoms with E-state index in [1.807, 2.05) is 0 Å². The van der Waals surface area contributed by atoms with Gasteiger partial charge in [-0.15, -0.1) is 11.6 Å². The summed E-state index contributed by atoms with van der Waals surface area (Å²) in [4.78, 5) is 42.7.